The largest absolute Gasteiger partial charge is 0.359 e. The highest BCUT2D eigenvalue weighted by Gasteiger charge is 2.32. The van der Waals surface area contributed by atoms with E-state index in [1.807, 2.05) is 0 Å². The van der Waals surface area contributed by atoms with E-state index in [1.165, 1.54) is 22.8 Å². The maximum absolute atomic E-state index is 12.4. The molecule has 0 aromatic carbocycles. The fourth-order valence-electron chi connectivity index (χ4n) is 2.23. The number of rotatable bonds is 3. The molecule has 0 bridgehead atoms. The van der Waals surface area contributed by atoms with Gasteiger partial charge in [-0.1, -0.05) is 0 Å². The molecule has 0 radical (unpaired) electrons. The molecule has 104 valence electrons. The Hall–Kier alpha value is -1.47. The Bertz CT molecular complexity index is 545. The molecule has 2 heterocycles. The molecule has 7 heteroatoms. The minimum atomic E-state index is -3.55. The van der Waals surface area contributed by atoms with Crippen LogP contribution >= 0.6 is 0 Å². The fraction of sp³-hybridized carbons (Fsp3) is 0.500. The number of hydrogen-bond acceptors (Lipinski definition) is 4. The standard InChI is InChI=1S/C12H17N3O3S/c1-13-12(16)10-4-3-7-15(9-10)19(17,18)11-5-2-6-14-8-11/h2,5-6,8,10H,3-4,7,9H2,1H3,(H,13,16). The van der Waals surface area contributed by atoms with Crippen LogP contribution in [0.25, 0.3) is 0 Å². The van der Waals surface area contributed by atoms with Gasteiger partial charge in [-0.05, 0) is 25.0 Å². The molecule has 1 aromatic heterocycles. The van der Waals surface area contributed by atoms with Crippen molar-refractivity contribution in [2.45, 2.75) is 17.7 Å². The molecular formula is C12H17N3O3S. The lowest BCUT2D eigenvalue weighted by Gasteiger charge is -2.30. The van der Waals surface area contributed by atoms with Crippen LogP contribution in [0, 0.1) is 5.92 Å². The van der Waals surface area contributed by atoms with E-state index in [-0.39, 0.29) is 23.3 Å². The zero-order valence-corrected chi connectivity index (χ0v) is 11.6. The van der Waals surface area contributed by atoms with Crippen molar-refractivity contribution in [1.29, 1.82) is 0 Å². The van der Waals surface area contributed by atoms with E-state index in [0.29, 0.717) is 13.0 Å². The minimum Gasteiger partial charge on any atom is -0.359 e. The van der Waals surface area contributed by atoms with E-state index in [1.54, 1.807) is 13.1 Å². The van der Waals surface area contributed by atoms with E-state index in [2.05, 4.69) is 10.3 Å². The number of carbonyl (C=O) groups excluding carboxylic acids is 1. The van der Waals surface area contributed by atoms with Crippen molar-refractivity contribution in [3.8, 4) is 0 Å². The molecule has 1 fully saturated rings. The average Bonchev–Trinajstić information content (AvgIpc) is 2.47. The zero-order valence-electron chi connectivity index (χ0n) is 10.7. The smallest absolute Gasteiger partial charge is 0.244 e. The van der Waals surface area contributed by atoms with Crippen molar-refractivity contribution in [1.82, 2.24) is 14.6 Å². The summed E-state index contributed by atoms with van der Waals surface area (Å²) in [5.74, 6) is -0.378. The number of sulfonamides is 1. The van der Waals surface area contributed by atoms with E-state index in [0.717, 1.165) is 6.42 Å². The molecule has 0 saturated carbocycles. The number of aromatic nitrogens is 1. The highest BCUT2D eigenvalue weighted by atomic mass is 32.2. The van der Waals surface area contributed by atoms with Crippen LogP contribution in [0.15, 0.2) is 29.4 Å². The first-order chi connectivity index (χ1) is 9.05. The van der Waals surface area contributed by atoms with Gasteiger partial charge in [0.2, 0.25) is 15.9 Å². The van der Waals surface area contributed by atoms with Gasteiger partial charge >= 0.3 is 0 Å². The Morgan fingerprint density at radius 1 is 1.53 bits per heavy atom. The van der Waals surface area contributed by atoms with Crippen LogP contribution in [-0.2, 0) is 14.8 Å². The Labute approximate surface area is 112 Å². The lowest BCUT2D eigenvalue weighted by atomic mass is 9.99. The number of nitrogens with zero attached hydrogens (tertiary/aromatic N) is 2. The fourth-order valence-corrected chi connectivity index (χ4v) is 3.72. The Kier molecular flexibility index (Phi) is 4.16. The first-order valence-electron chi connectivity index (χ1n) is 6.17. The minimum absolute atomic E-state index is 0.105. The number of carbonyl (C=O) groups is 1. The summed E-state index contributed by atoms with van der Waals surface area (Å²) in [6.45, 7) is 0.682. The Balaban J connectivity index is 2.20. The van der Waals surface area contributed by atoms with Crippen LogP contribution in [0.5, 0.6) is 0 Å². The van der Waals surface area contributed by atoms with Gasteiger partial charge in [-0.15, -0.1) is 0 Å². The van der Waals surface area contributed by atoms with E-state index in [4.69, 9.17) is 0 Å². The molecule has 1 N–H and O–H groups in total. The molecule has 0 spiro atoms. The topological polar surface area (TPSA) is 79.4 Å². The van der Waals surface area contributed by atoms with Crippen molar-refractivity contribution in [2.75, 3.05) is 20.1 Å². The molecule has 1 amide bonds. The van der Waals surface area contributed by atoms with Crippen LogP contribution in [0.1, 0.15) is 12.8 Å². The molecule has 1 saturated heterocycles. The number of hydrogen-bond donors (Lipinski definition) is 1. The lowest BCUT2D eigenvalue weighted by Crippen LogP contribution is -2.44. The number of amides is 1. The van der Waals surface area contributed by atoms with Crippen LogP contribution in [-0.4, -0.2) is 43.8 Å². The summed E-state index contributed by atoms with van der Waals surface area (Å²) >= 11 is 0. The van der Waals surface area contributed by atoms with E-state index >= 15 is 0 Å². The van der Waals surface area contributed by atoms with E-state index < -0.39 is 10.0 Å². The highest BCUT2D eigenvalue weighted by Crippen LogP contribution is 2.23. The van der Waals surface area contributed by atoms with Crippen molar-refractivity contribution in [2.24, 2.45) is 5.92 Å². The predicted octanol–water partition coefficient (Wildman–Crippen LogP) is 0.228. The van der Waals surface area contributed by atoms with Crippen molar-refractivity contribution < 1.29 is 13.2 Å². The molecule has 6 nitrogen and oxygen atoms in total. The van der Waals surface area contributed by atoms with Gasteiger partial charge in [0, 0.05) is 32.5 Å². The third-order valence-corrected chi connectivity index (χ3v) is 5.12. The van der Waals surface area contributed by atoms with Gasteiger partial charge in [0.1, 0.15) is 4.90 Å². The van der Waals surface area contributed by atoms with Crippen LogP contribution < -0.4 is 5.32 Å². The van der Waals surface area contributed by atoms with Gasteiger partial charge < -0.3 is 5.32 Å². The van der Waals surface area contributed by atoms with Gasteiger partial charge in [-0.25, -0.2) is 8.42 Å². The molecule has 1 atom stereocenters. The summed E-state index contributed by atoms with van der Waals surface area (Å²) in [6.07, 6.45) is 4.28. The zero-order chi connectivity index (χ0) is 13.9. The van der Waals surface area contributed by atoms with Crippen molar-refractivity contribution >= 4 is 15.9 Å². The predicted molar refractivity (Wildman–Crippen MR) is 69.8 cm³/mol. The van der Waals surface area contributed by atoms with Gasteiger partial charge in [0.25, 0.3) is 0 Å². The van der Waals surface area contributed by atoms with Crippen molar-refractivity contribution in [3.63, 3.8) is 0 Å². The maximum atomic E-state index is 12.4. The summed E-state index contributed by atoms with van der Waals surface area (Å²) in [5.41, 5.74) is 0. The van der Waals surface area contributed by atoms with Gasteiger partial charge in [0.15, 0.2) is 0 Å². The average molecular weight is 283 g/mol. The number of pyridine rings is 1. The number of nitrogens with one attached hydrogen (secondary N) is 1. The van der Waals surface area contributed by atoms with Crippen molar-refractivity contribution in [3.05, 3.63) is 24.5 Å². The molecule has 1 aromatic rings. The monoisotopic (exact) mass is 283 g/mol. The molecule has 19 heavy (non-hydrogen) atoms. The summed E-state index contributed by atoms with van der Waals surface area (Å²) in [5, 5.41) is 2.57. The first kappa shape index (κ1) is 14.0. The van der Waals surface area contributed by atoms with Gasteiger partial charge in [0.05, 0.1) is 5.92 Å². The molecule has 1 aliphatic rings. The molecule has 2 rings (SSSR count). The van der Waals surface area contributed by atoms with Gasteiger partial charge in [-0.2, -0.15) is 4.31 Å². The highest BCUT2D eigenvalue weighted by molar-refractivity contribution is 7.89. The second-order valence-electron chi connectivity index (χ2n) is 4.51. The first-order valence-corrected chi connectivity index (χ1v) is 7.61. The maximum Gasteiger partial charge on any atom is 0.244 e. The van der Waals surface area contributed by atoms with E-state index in [9.17, 15) is 13.2 Å². The third kappa shape index (κ3) is 2.93. The van der Waals surface area contributed by atoms with Crippen LogP contribution in [0.3, 0.4) is 0 Å². The molecule has 0 aliphatic carbocycles. The lowest BCUT2D eigenvalue weighted by molar-refractivity contribution is -0.125. The van der Waals surface area contributed by atoms with Crippen LogP contribution in [0.2, 0.25) is 0 Å². The number of piperidine rings is 1. The normalized spacial score (nSPS) is 21.0. The third-order valence-electron chi connectivity index (χ3n) is 3.27. The second-order valence-corrected chi connectivity index (χ2v) is 6.44. The Morgan fingerprint density at radius 2 is 2.32 bits per heavy atom. The van der Waals surface area contributed by atoms with Gasteiger partial charge in [-0.3, -0.25) is 9.78 Å². The molecular weight excluding hydrogens is 266 g/mol. The SMILES string of the molecule is CNC(=O)C1CCCN(S(=O)(=O)c2cccnc2)C1. The quantitative estimate of drug-likeness (QED) is 0.861. The molecule has 1 aliphatic heterocycles. The summed E-state index contributed by atoms with van der Waals surface area (Å²) in [4.78, 5) is 15.6. The summed E-state index contributed by atoms with van der Waals surface area (Å²) in [7, 11) is -1.98. The summed E-state index contributed by atoms with van der Waals surface area (Å²) in [6, 6.07) is 3.11. The van der Waals surface area contributed by atoms with Crippen LogP contribution in [0.4, 0.5) is 0 Å². The second kappa shape index (κ2) is 5.66. The molecule has 1 unspecified atom stereocenters. The Morgan fingerprint density at radius 3 is 2.95 bits per heavy atom. The summed E-state index contributed by atoms with van der Waals surface area (Å²) < 4.78 is 26.2.